The van der Waals surface area contributed by atoms with Gasteiger partial charge in [-0.3, -0.25) is 0 Å². The molecule has 2 aromatic rings. The van der Waals surface area contributed by atoms with Crippen LogP contribution in [0.1, 0.15) is 5.56 Å². The van der Waals surface area contributed by atoms with E-state index in [-0.39, 0.29) is 17.4 Å². The van der Waals surface area contributed by atoms with E-state index < -0.39 is 17.9 Å². The summed E-state index contributed by atoms with van der Waals surface area (Å²) in [5.74, 6) is -1.06. The number of methoxy groups -OCH3 is 1. The quantitative estimate of drug-likeness (QED) is 0.723. The number of ether oxygens (including phenoxy) is 3. The summed E-state index contributed by atoms with van der Waals surface area (Å²) >= 11 is 5.61. The highest BCUT2D eigenvalue weighted by molar-refractivity contribution is 6.30. The maximum atomic E-state index is 13.4. The van der Waals surface area contributed by atoms with Crippen molar-refractivity contribution in [1.82, 2.24) is 0 Å². The molecule has 0 aliphatic rings. The van der Waals surface area contributed by atoms with Crippen LogP contribution in [0.4, 0.5) is 4.39 Å². The molecule has 0 fully saturated rings. The predicted molar refractivity (Wildman–Crippen MR) is 83.9 cm³/mol. The van der Waals surface area contributed by atoms with Crippen LogP contribution >= 0.6 is 11.6 Å². The lowest BCUT2D eigenvalue weighted by atomic mass is 10.2. The molecule has 0 heterocycles. The van der Waals surface area contributed by atoms with Gasteiger partial charge in [0, 0.05) is 6.07 Å². The van der Waals surface area contributed by atoms with E-state index in [2.05, 4.69) is 4.74 Å². The van der Waals surface area contributed by atoms with Crippen molar-refractivity contribution in [1.29, 1.82) is 0 Å². The van der Waals surface area contributed by atoms with Gasteiger partial charge in [0.15, 0.2) is 0 Å². The number of esters is 1. The number of benzene rings is 2. The van der Waals surface area contributed by atoms with Crippen LogP contribution in [0.3, 0.4) is 0 Å². The third kappa shape index (κ3) is 5.23. The summed E-state index contributed by atoms with van der Waals surface area (Å²) in [4.78, 5) is 11.8. The summed E-state index contributed by atoms with van der Waals surface area (Å²) in [6, 6.07) is 13.4. The molecule has 0 saturated carbocycles. The summed E-state index contributed by atoms with van der Waals surface area (Å²) in [5.41, 5.74) is 0.966. The van der Waals surface area contributed by atoms with E-state index >= 15 is 0 Å². The molecular weight excluding hydrogens is 323 g/mol. The van der Waals surface area contributed by atoms with Crippen LogP contribution in [0.15, 0.2) is 48.5 Å². The molecule has 0 unspecified atom stereocenters. The fourth-order valence-electron chi connectivity index (χ4n) is 1.85. The topological polar surface area (TPSA) is 44.8 Å². The molecule has 122 valence electrons. The largest absolute Gasteiger partial charge is 0.476 e. The minimum absolute atomic E-state index is 0.0210. The lowest BCUT2D eigenvalue weighted by molar-refractivity contribution is -0.152. The molecule has 23 heavy (non-hydrogen) atoms. The van der Waals surface area contributed by atoms with Crippen LogP contribution in [0, 0.1) is 5.82 Å². The van der Waals surface area contributed by atoms with Gasteiger partial charge in [0.05, 0.1) is 25.3 Å². The van der Waals surface area contributed by atoms with Crippen molar-refractivity contribution in [2.45, 2.75) is 12.7 Å². The first kappa shape index (κ1) is 17.2. The Morgan fingerprint density at radius 3 is 2.61 bits per heavy atom. The zero-order chi connectivity index (χ0) is 16.7. The molecular formula is C17H16ClFO4. The fraction of sp³-hybridized carbons (Fsp3) is 0.235. The van der Waals surface area contributed by atoms with E-state index in [0.29, 0.717) is 6.61 Å². The minimum atomic E-state index is -0.996. The van der Waals surface area contributed by atoms with Crippen LogP contribution in [-0.4, -0.2) is 25.8 Å². The molecule has 0 aliphatic heterocycles. The van der Waals surface area contributed by atoms with Gasteiger partial charge in [-0.1, -0.05) is 41.9 Å². The van der Waals surface area contributed by atoms with Crippen molar-refractivity contribution in [2.75, 3.05) is 13.7 Å². The van der Waals surface area contributed by atoms with Gasteiger partial charge in [0.1, 0.15) is 11.6 Å². The molecule has 6 heteroatoms. The Hall–Kier alpha value is -2.11. The Bertz CT molecular complexity index is 648. The van der Waals surface area contributed by atoms with E-state index in [1.165, 1.54) is 19.2 Å². The standard InChI is InChI=1S/C17H16ClFO4/c1-21-17(20)16(11-22-10-12-5-3-2-4-6-12)23-13-7-8-14(18)15(19)9-13/h2-9,16H,10-11H2,1H3/t16-/m1/s1. The first-order chi connectivity index (χ1) is 11.1. The Kier molecular flexibility index (Phi) is 6.38. The van der Waals surface area contributed by atoms with Crippen LogP contribution < -0.4 is 4.74 Å². The summed E-state index contributed by atoms with van der Waals surface area (Å²) in [7, 11) is 1.25. The van der Waals surface area contributed by atoms with Crippen molar-refractivity contribution in [2.24, 2.45) is 0 Å². The zero-order valence-corrected chi connectivity index (χ0v) is 13.3. The van der Waals surface area contributed by atoms with Gasteiger partial charge in [-0.2, -0.15) is 0 Å². The maximum Gasteiger partial charge on any atom is 0.349 e. The van der Waals surface area contributed by atoms with E-state index in [0.717, 1.165) is 11.6 Å². The number of carbonyl (C=O) groups excluding carboxylic acids is 1. The molecule has 0 saturated heterocycles. The molecule has 2 aromatic carbocycles. The Labute approximate surface area is 138 Å². The molecule has 0 radical (unpaired) electrons. The second-order valence-corrected chi connectivity index (χ2v) is 5.11. The zero-order valence-electron chi connectivity index (χ0n) is 12.5. The maximum absolute atomic E-state index is 13.4. The lowest BCUT2D eigenvalue weighted by Crippen LogP contribution is -2.33. The number of hydrogen-bond donors (Lipinski definition) is 0. The number of hydrogen-bond acceptors (Lipinski definition) is 4. The highest BCUT2D eigenvalue weighted by Gasteiger charge is 2.22. The Morgan fingerprint density at radius 2 is 1.96 bits per heavy atom. The van der Waals surface area contributed by atoms with Gasteiger partial charge in [0.2, 0.25) is 6.10 Å². The Morgan fingerprint density at radius 1 is 1.22 bits per heavy atom. The lowest BCUT2D eigenvalue weighted by Gasteiger charge is -2.17. The van der Waals surface area contributed by atoms with Crippen LogP contribution in [0.25, 0.3) is 0 Å². The van der Waals surface area contributed by atoms with Crippen LogP contribution in [0.2, 0.25) is 5.02 Å². The first-order valence-corrected chi connectivity index (χ1v) is 7.29. The highest BCUT2D eigenvalue weighted by Crippen LogP contribution is 2.21. The molecule has 0 aliphatic carbocycles. The molecule has 0 bridgehead atoms. The molecule has 0 N–H and O–H groups in total. The second kappa shape index (κ2) is 8.50. The van der Waals surface area contributed by atoms with Gasteiger partial charge >= 0.3 is 5.97 Å². The number of rotatable bonds is 7. The predicted octanol–water partition coefficient (Wildman–Crippen LogP) is 3.62. The SMILES string of the molecule is COC(=O)[C@@H](COCc1ccccc1)Oc1ccc(Cl)c(F)c1. The van der Waals surface area contributed by atoms with Crippen LogP contribution in [0.5, 0.6) is 5.75 Å². The van der Waals surface area contributed by atoms with Gasteiger partial charge in [-0.15, -0.1) is 0 Å². The molecule has 0 aromatic heterocycles. The van der Waals surface area contributed by atoms with Gasteiger partial charge in [0.25, 0.3) is 0 Å². The smallest absolute Gasteiger partial charge is 0.349 e. The van der Waals surface area contributed by atoms with E-state index in [4.69, 9.17) is 21.1 Å². The number of carbonyl (C=O) groups is 1. The van der Waals surface area contributed by atoms with E-state index in [1.807, 2.05) is 30.3 Å². The van der Waals surface area contributed by atoms with Crippen molar-refractivity contribution >= 4 is 17.6 Å². The van der Waals surface area contributed by atoms with Gasteiger partial charge in [-0.25, -0.2) is 9.18 Å². The van der Waals surface area contributed by atoms with Crippen molar-refractivity contribution in [3.05, 3.63) is 64.9 Å². The summed E-state index contributed by atoms with van der Waals surface area (Å²) in [6.07, 6.45) is -0.996. The number of halogens is 2. The summed E-state index contributed by atoms with van der Waals surface area (Å²) < 4.78 is 29.0. The van der Waals surface area contributed by atoms with E-state index in [1.54, 1.807) is 0 Å². The normalized spacial score (nSPS) is 11.8. The summed E-state index contributed by atoms with van der Waals surface area (Å²) in [6.45, 7) is 0.304. The third-order valence-corrected chi connectivity index (χ3v) is 3.32. The van der Waals surface area contributed by atoms with Gasteiger partial charge < -0.3 is 14.2 Å². The average Bonchev–Trinajstić information content (AvgIpc) is 2.57. The molecule has 0 amide bonds. The van der Waals surface area contributed by atoms with Gasteiger partial charge in [-0.05, 0) is 17.7 Å². The molecule has 4 nitrogen and oxygen atoms in total. The first-order valence-electron chi connectivity index (χ1n) is 6.91. The van der Waals surface area contributed by atoms with Crippen LogP contribution in [-0.2, 0) is 20.9 Å². The molecule has 2 rings (SSSR count). The summed E-state index contributed by atoms with van der Waals surface area (Å²) in [5, 5.41) is -0.0210. The third-order valence-electron chi connectivity index (χ3n) is 3.01. The fourth-order valence-corrected chi connectivity index (χ4v) is 1.97. The minimum Gasteiger partial charge on any atom is -0.476 e. The molecule has 1 atom stereocenters. The van der Waals surface area contributed by atoms with E-state index in [9.17, 15) is 9.18 Å². The van der Waals surface area contributed by atoms with Crippen molar-refractivity contribution in [3.8, 4) is 5.75 Å². The highest BCUT2D eigenvalue weighted by atomic mass is 35.5. The van der Waals surface area contributed by atoms with Crippen molar-refractivity contribution < 1.29 is 23.4 Å². The molecule has 0 spiro atoms. The van der Waals surface area contributed by atoms with Crippen molar-refractivity contribution in [3.63, 3.8) is 0 Å². The average molecular weight is 339 g/mol. The second-order valence-electron chi connectivity index (χ2n) is 4.71. The monoisotopic (exact) mass is 338 g/mol. The Balaban J connectivity index is 1.96.